The van der Waals surface area contributed by atoms with Gasteiger partial charge in [0.15, 0.2) is 0 Å². The summed E-state index contributed by atoms with van der Waals surface area (Å²) in [5.74, 6) is 0. The minimum absolute atomic E-state index is 0.902. The van der Waals surface area contributed by atoms with Gasteiger partial charge in [-0.05, 0) is 61.6 Å². The fourth-order valence-electron chi connectivity index (χ4n) is 4.99. The van der Waals surface area contributed by atoms with E-state index >= 15 is 0 Å². The number of fused-ring (bicyclic) bond motifs is 1. The first-order valence-electron chi connectivity index (χ1n) is 10.8. The summed E-state index contributed by atoms with van der Waals surface area (Å²) in [6, 6.07) is 36.5. The van der Waals surface area contributed by atoms with Gasteiger partial charge in [-0.2, -0.15) is 0 Å². The molecule has 0 amide bonds. The van der Waals surface area contributed by atoms with Gasteiger partial charge >= 0.3 is 0 Å². The van der Waals surface area contributed by atoms with Crippen molar-refractivity contribution >= 4 is 43.4 Å². The molecule has 0 atom stereocenters. The van der Waals surface area contributed by atoms with Gasteiger partial charge in [-0.3, -0.25) is 4.98 Å². The molecule has 32 heavy (non-hydrogen) atoms. The number of aromatic nitrogens is 2. The zero-order valence-corrected chi connectivity index (χ0v) is 17.3. The van der Waals surface area contributed by atoms with Crippen molar-refractivity contribution in [2.24, 2.45) is 0 Å². The van der Waals surface area contributed by atoms with E-state index in [1.807, 2.05) is 30.5 Å². The van der Waals surface area contributed by atoms with E-state index in [1.165, 1.54) is 43.4 Å². The predicted octanol–water partition coefficient (Wildman–Crippen LogP) is 7.86. The number of para-hydroxylation sites is 2. The molecule has 2 nitrogen and oxygen atoms in total. The lowest BCUT2D eigenvalue weighted by Crippen LogP contribution is -1.93. The van der Waals surface area contributed by atoms with E-state index in [4.69, 9.17) is 9.97 Å². The van der Waals surface area contributed by atoms with Crippen molar-refractivity contribution in [2.45, 2.75) is 0 Å². The second-order valence-corrected chi connectivity index (χ2v) is 8.26. The molecule has 7 rings (SSSR count). The van der Waals surface area contributed by atoms with Crippen molar-refractivity contribution < 1.29 is 0 Å². The summed E-state index contributed by atoms with van der Waals surface area (Å²) in [5.41, 5.74) is 6.28. The molecular weight excluding hydrogens is 388 g/mol. The fraction of sp³-hybridized carbons (Fsp3) is 0. The first-order valence-corrected chi connectivity index (χ1v) is 10.8. The number of hydrogen-bond donors (Lipinski definition) is 0. The van der Waals surface area contributed by atoms with Crippen LogP contribution in [0.25, 0.3) is 65.7 Å². The Bertz CT molecular complexity index is 1750. The smallest absolute Gasteiger partial charge is 0.0899 e. The Hall–Kier alpha value is -4.30. The van der Waals surface area contributed by atoms with Gasteiger partial charge in [0, 0.05) is 5.56 Å². The van der Waals surface area contributed by atoms with Gasteiger partial charge in [-0.15, -0.1) is 0 Å². The van der Waals surface area contributed by atoms with E-state index < -0.39 is 0 Å². The second kappa shape index (κ2) is 6.60. The summed E-state index contributed by atoms with van der Waals surface area (Å²) >= 11 is 0. The van der Waals surface area contributed by atoms with Crippen molar-refractivity contribution in [3.8, 4) is 22.4 Å². The molecule has 7 aromatic rings. The van der Waals surface area contributed by atoms with Crippen LogP contribution in [0.3, 0.4) is 0 Å². The second-order valence-electron chi connectivity index (χ2n) is 8.26. The first-order chi connectivity index (χ1) is 15.9. The Balaban J connectivity index is 1.67. The molecule has 0 spiro atoms. The Morgan fingerprint density at radius 2 is 1.19 bits per heavy atom. The lowest BCUT2D eigenvalue weighted by Gasteiger charge is -2.17. The molecule has 0 saturated heterocycles. The topological polar surface area (TPSA) is 25.8 Å². The van der Waals surface area contributed by atoms with E-state index in [9.17, 15) is 0 Å². The van der Waals surface area contributed by atoms with Crippen molar-refractivity contribution in [3.63, 3.8) is 0 Å². The fourth-order valence-corrected chi connectivity index (χ4v) is 4.99. The third-order valence-corrected chi connectivity index (χ3v) is 6.46. The molecule has 1 heterocycles. The van der Waals surface area contributed by atoms with Crippen LogP contribution in [0.1, 0.15) is 0 Å². The van der Waals surface area contributed by atoms with E-state index in [-0.39, 0.29) is 0 Å². The summed E-state index contributed by atoms with van der Waals surface area (Å²) in [4.78, 5) is 9.71. The van der Waals surface area contributed by atoms with Crippen LogP contribution in [0.2, 0.25) is 0 Å². The third kappa shape index (κ3) is 2.47. The maximum atomic E-state index is 5.00. The molecule has 6 aromatic carbocycles. The molecule has 0 unspecified atom stereocenters. The molecule has 0 fully saturated rings. The average molecular weight is 406 g/mol. The minimum Gasteiger partial charge on any atom is -0.252 e. The van der Waals surface area contributed by atoms with Crippen LogP contribution in [-0.2, 0) is 0 Å². The van der Waals surface area contributed by atoms with Crippen LogP contribution in [0.15, 0.2) is 109 Å². The third-order valence-electron chi connectivity index (χ3n) is 6.46. The van der Waals surface area contributed by atoms with E-state index in [2.05, 4.69) is 78.9 Å². The summed E-state index contributed by atoms with van der Waals surface area (Å²) in [7, 11) is 0. The van der Waals surface area contributed by atoms with Crippen LogP contribution in [0.4, 0.5) is 0 Å². The molecule has 0 N–H and O–H groups in total. The lowest BCUT2D eigenvalue weighted by molar-refractivity contribution is 1.30. The van der Waals surface area contributed by atoms with Gasteiger partial charge in [0.05, 0.1) is 22.9 Å². The van der Waals surface area contributed by atoms with E-state index in [1.54, 1.807) is 0 Å². The van der Waals surface area contributed by atoms with Crippen molar-refractivity contribution in [1.82, 2.24) is 9.97 Å². The van der Waals surface area contributed by atoms with Crippen LogP contribution < -0.4 is 0 Å². The van der Waals surface area contributed by atoms with Crippen LogP contribution in [-0.4, -0.2) is 9.97 Å². The molecule has 0 aliphatic heterocycles. The Kier molecular flexibility index (Phi) is 3.58. The number of nitrogens with zero attached hydrogens (tertiary/aromatic N) is 2. The Morgan fingerprint density at radius 3 is 1.97 bits per heavy atom. The quantitative estimate of drug-likeness (QED) is 0.273. The maximum Gasteiger partial charge on any atom is 0.0899 e. The molecule has 1 aromatic heterocycles. The van der Waals surface area contributed by atoms with E-state index in [0.29, 0.717) is 0 Å². The zero-order valence-electron chi connectivity index (χ0n) is 17.3. The Labute approximate surface area is 185 Å². The summed E-state index contributed by atoms with van der Waals surface area (Å²) < 4.78 is 0. The number of hydrogen-bond acceptors (Lipinski definition) is 2. The highest BCUT2D eigenvalue weighted by molar-refractivity contribution is 6.28. The molecule has 148 valence electrons. The normalized spacial score (nSPS) is 11.8. The molecule has 0 bridgehead atoms. The lowest BCUT2D eigenvalue weighted by atomic mass is 9.86. The van der Waals surface area contributed by atoms with Crippen LogP contribution in [0.5, 0.6) is 0 Å². The van der Waals surface area contributed by atoms with E-state index in [0.717, 1.165) is 22.3 Å². The molecule has 0 saturated carbocycles. The Morgan fingerprint density at radius 1 is 0.500 bits per heavy atom. The molecule has 0 radical (unpaired) electrons. The standard InChI is InChI=1S/C30H18N2/c1-2-7-19(8-3-1)24-17-25(28-18-31-26-11-4-5-12-27(26)32-28)23-16-14-21-10-6-9-20-13-15-22(24)30(23)29(20)21/h1-18H. The van der Waals surface area contributed by atoms with Gasteiger partial charge in [0.2, 0.25) is 0 Å². The SMILES string of the molecule is c1ccc(-c2cc(-c3cnc4ccccc4n3)c3ccc4cccc5ccc2c3c54)cc1. The highest BCUT2D eigenvalue weighted by Gasteiger charge is 2.17. The van der Waals surface area contributed by atoms with Crippen LogP contribution >= 0.6 is 0 Å². The van der Waals surface area contributed by atoms with Gasteiger partial charge < -0.3 is 0 Å². The summed E-state index contributed by atoms with van der Waals surface area (Å²) in [6.07, 6.45) is 1.91. The average Bonchev–Trinajstić information content (AvgIpc) is 2.87. The number of rotatable bonds is 2. The molecule has 0 aliphatic rings. The monoisotopic (exact) mass is 406 g/mol. The van der Waals surface area contributed by atoms with Crippen LogP contribution in [0, 0.1) is 0 Å². The van der Waals surface area contributed by atoms with Gasteiger partial charge in [-0.1, -0.05) is 84.9 Å². The van der Waals surface area contributed by atoms with Gasteiger partial charge in [0.25, 0.3) is 0 Å². The van der Waals surface area contributed by atoms with Gasteiger partial charge in [0.1, 0.15) is 0 Å². The highest BCUT2D eigenvalue weighted by atomic mass is 14.8. The highest BCUT2D eigenvalue weighted by Crippen LogP contribution is 2.43. The summed E-state index contributed by atoms with van der Waals surface area (Å²) in [5, 5.41) is 7.63. The predicted molar refractivity (Wildman–Crippen MR) is 134 cm³/mol. The maximum absolute atomic E-state index is 5.00. The summed E-state index contributed by atoms with van der Waals surface area (Å²) in [6.45, 7) is 0. The van der Waals surface area contributed by atoms with Crippen molar-refractivity contribution in [3.05, 3.63) is 109 Å². The molecule has 0 aliphatic carbocycles. The largest absolute Gasteiger partial charge is 0.252 e. The molecule has 2 heteroatoms. The first kappa shape index (κ1) is 17.4. The van der Waals surface area contributed by atoms with Gasteiger partial charge in [-0.25, -0.2) is 4.98 Å². The minimum atomic E-state index is 0.902. The zero-order chi connectivity index (χ0) is 21.1. The number of benzene rings is 6. The van der Waals surface area contributed by atoms with Crippen molar-refractivity contribution in [1.29, 1.82) is 0 Å². The molecular formula is C30H18N2. The van der Waals surface area contributed by atoms with Crippen molar-refractivity contribution in [2.75, 3.05) is 0 Å².